The van der Waals surface area contributed by atoms with Gasteiger partial charge in [0, 0.05) is 22.5 Å². The number of aromatic carboxylic acids is 1. The van der Waals surface area contributed by atoms with Crippen LogP contribution in [0.2, 0.25) is 0 Å². The molecule has 0 amide bonds. The molecule has 0 saturated heterocycles. The number of fused-ring (bicyclic) bond motifs is 3. The molecule has 3 aromatic rings. The first-order valence-electron chi connectivity index (χ1n) is 5.27. The largest absolute Gasteiger partial charge is 0.478 e. The molecule has 0 radical (unpaired) electrons. The minimum atomic E-state index is -0.916. The summed E-state index contributed by atoms with van der Waals surface area (Å²) in [4.78, 5) is 18.3. The van der Waals surface area contributed by atoms with E-state index in [2.05, 4.69) is 9.97 Å². The van der Waals surface area contributed by atoms with Crippen molar-refractivity contribution < 1.29 is 9.90 Å². The van der Waals surface area contributed by atoms with E-state index in [-0.39, 0.29) is 5.56 Å². The van der Waals surface area contributed by atoms with Crippen molar-refractivity contribution in [2.24, 2.45) is 0 Å². The number of carboxylic acids is 1. The Kier molecular flexibility index (Phi) is 1.92. The van der Waals surface area contributed by atoms with Gasteiger partial charge in [-0.2, -0.15) is 0 Å². The van der Waals surface area contributed by atoms with Gasteiger partial charge in [0.25, 0.3) is 0 Å². The molecule has 3 rings (SSSR count). The van der Waals surface area contributed by atoms with Crippen molar-refractivity contribution >= 4 is 27.8 Å². The molecule has 2 aromatic heterocycles. The summed E-state index contributed by atoms with van der Waals surface area (Å²) < 4.78 is 0. The molecule has 0 bridgehead atoms. The summed E-state index contributed by atoms with van der Waals surface area (Å²) in [6.07, 6.45) is 1.76. The van der Waals surface area contributed by atoms with E-state index >= 15 is 0 Å². The zero-order valence-corrected chi connectivity index (χ0v) is 9.19. The normalized spacial score (nSPS) is 11.1. The highest BCUT2D eigenvalue weighted by molar-refractivity contribution is 6.09. The third kappa shape index (κ3) is 1.38. The monoisotopic (exact) mass is 226 g/mol. The van der Waals surface area contributed by atoms with Crippen LogP contribution in [0.25, 0.3) is 21.8 Å². The van der Waals surface area contributed by atoms with Gasteiger partial charge < -0.3 is 10.1 Å². The average Bonchev–Trinajstić information content (AvgIpc) is 2.68. The van der Waals surface area contributed by atoms with Gasteiger partial charge >= 0.3 is 5.97 Å². The van der Waals surface area contributed by atoms with Crippen LogP contribution < -0.4 is 0 Å². The first-order chi connectivity index (χ1) is 8.16. The summed E-state index contributed by atoms with van der Waals surface area (Å²) in [5.41, 5.74) is 2.99. The fourth-order valence-corrected chi connectivity index (χ4v) is 2.10. The van der Waals surface area contributed by atoms with Crippen molar-refractivity contribution in [3.05, 3.63) is 41.7 Å². The van der Waals surface area contributed by atoms with Gasteiger partial charge in [0.15, 0.2) is 0 Å². The molecule has 1 aromatic carbocycles. The minimum Gasteiger partial charge on any atom is -0.478 e. The van der Waals surface area contributed by atoms with Gasteiger partial charge in [-0.3, -0.25) is 4.98 Å². The van der Waals surface area contributed by atoms with E-state index in [1.165, 1.54) is 0 Å². The molecule has 0 aliphatic carbocycles. The van der Waals surface area contributed by atoms with Gasteiger partial charge in [-0.1, -0.05) is 6.07 Å². The molecule has 17 heavy (non-hydrogen) atoms. The summed E-state index contributed by atoms with van der Waals surface area (Å²) in [5.74, 6) is -0.916. The number of hydrogen-bond donors (Lipinski definition) is 2. The Bertz CT molecular complexity index is 744. The standard InChI is InChI=1S/C13H10N2O2/c1-7-12-10(4-5-14-7)9-3-2-8(13(16)17)6-11(9)15-12/h2-6,15H,1H3,(H,16,17). The molecule has 0 atom stereocenters. The fourth-order valence-electron chi connectivity index (χ4n) is 2.10. The lowest BCUT2D eigenvalue weighted by Crippen LogP contribution is -1.94. The number of nitrogens with zero attached hydrogens (tertiary/aromatic N) is 1. The molecule has 2 heterocycles. The lowest BCUT2D eigenvalue weighted by atomic mass is 10.1. The topological polar surface area (TPSA) is 66.0 Å². The highest BCUT2D eigenvalue weighted by atomic mass is 16.4. The zero-order valence-electron chi connectivity index (χ0n) is 9.19. The van der Waals surface area contributed by atoms with E-state index in [1.54, 1.807) is 18.3 Å². The summed E-state index contributed by atoms with van der Waals surface area (Å²) in [7, 11) is 0. The molecule has 0 unspecified atom stereocenters. The van der Waals surface area contributed by atoms with E-state index in [4.69, 9.17) is 5.11 Å². The van der Waals surface area contributed by atoms with Gasteiger partial charge in [-0.15, -0.1) is 0 Å². The lowest BCUT2D eigenvalue weighted by Gasteiger charge is -1.94. The molecule has 4 heteroatoms. The maximum atomic E-state index is 10.9. The van der Waals surface area contributed by atoms with Crippen molar-refractivity contribution in [3.63, 3.8) is 0 Å². The van der Waals surface area contributed by atoms with Crippen LogP contribution in [0.15, 0.2) is 30.5 Å². The lowest BCUT2D eigenvalue weighted by molar-refractivity contribution is 0.0697. The zero-order chi connectivity index (χ0) is 12.0. The highest BCUT2D eigenvalue weighted by Crippen LogP contribution is 2.26. The molecule has 4 nitrogen and oxygen atoms in total. The highest BCUT2D eigenvalue weighted by Gasteiger charge is 2.09. The minimum absolute atomic E-state index is 0.287. The third-order valence-electron chi connectivity index (χ3n) is 2.96. The second kappa shape index (κ2) is 3.31. The van der Waals surface area contributed by atoms with Crippen LogP contribution in [-0.4, -0.2) is 21.0 Å². The molecule has 2 N–H and O–H groups in total. The second-order valence-corrected chi connectivity index (χ2v) is 4.01. The van der Waals surface area contributed by atoms with E-state index in [9.17, 15) is 4.79 Å². The Balaban J connectivity index is 2.43. The Hall–Kier alpha value is -2.36. The van der Waals surface area contributed by atoms with Crippen LogP contribution >= 0.6 is 0 Å². The van der Waals surface area contributed by atoms with Crippen LogP contribution in [0.3, 0.4) is 0 Å². The van der Waals surface area contributed by atoms with Gasteiger partial charge in [-0.05, 0) is 25.1 Å². The number of hydrogen-bond acceptors (Lipinski definition) is 2. The Labute approximate surface area is 96.9 Å². The van der Waals surface area contributed by atoms with E-state index in [0.29, 0.717) is 0 Å². The Morgan fingerprint density at radius 3 is 2.88 bits per heavy atom. The van der Waals surface area contributed by atoms with Gasteiger partial charge in [0.05, 0.1) is 16.8 Å². The number of carbonyl (C=O) groups is 1. The van der Waals surface area contributed by atoms with Crippen molar-refractivity contribution in [2.45, 2.75) is 6.92 Å². The van der Waals surface area contributed by atoms with E-state index < -0.39 is 5.97 Å². The fraction of sp³-hybridized carbons (Fsp3) is 0.0769. The molecule has 0 saturated carbocycles. The van der Waals surface area contributed by atoms with E-state index in [0.717, 1.165) is 27.5 Å². The van der Waals surface area contributed by atoms with Crippen molar-refractivity contribution in [1.29, 1.82) is 0 Å². The second-order valence-electron chi connectivity index (χ2n) is 4.01. The molecular formula is C13H10N2O2. The summed E-state index contributed by atoms with van der Waals surface area (Å²) in [6.45, 7) is 1.93. The molecular weight excluding hydrogens is 216 g/mol. The number of rotatable bonds is 1. The van der Waals surface area contributed by atoms with Crippen LogP contribution in [-0.2, 0) is 0 Å². The number of H-pyrrole nitrogens is 1. The predicted octanol–water partition coefficient (Wildman–Crippen LogP) is 2.72. The molecule has 84 valence electrons. The predicted molar refractivity (Wildman–Crippen MR) is 65.3 cm³/mol. The van der Waals surface area contributed by atoms with Gasteiger partial charge in [0.2, 0.25) is 0 Å². The van der Waals surface area contributed by atoms with Crippen molar-refractivity contribution in [3.8, 4) is 0 Å². The Morgan fingerprint density at radius 1 is 1.29 bits per heavy atom. The number of nitrogens with one attached hydrogen (secondary N) is 1. The first-order valence-corrected chi connectivity index (χ1v) is 5.27. The SMILES string of the molecule is Cc1nccc2c1[nH]c1cc(C(=O)O)ccc12. The molecule has 0 aliphatic heterocycles. The smallest absolute Gasteiger partial charge is 0.335 e. The first kappa shape index (κ1) is 9.84. The maximum Gasteiger partial charge on any atom is 0.335 e. The van der Waals surface area contributed by atoms with Crippen LogP contribution in [0.1, 0.15) is 16.1 Å². The number of aromatic nitrogens is 2. The molecule has 0 aliphatic rings. The number of aryl methyl sites for hydroxylation is 1. The number of benzene rings is 1. The quantitative estimate of drug-likeness (QED) is 0.670. The molecule has 0 spiro atoms. The number of aromatic amines is 1. The van der Waals surface area contributed by atoms with Crippen molar-refractivity contribution in [1.82, 2.24) is 9.97 Å². The van der Waals surface area contributed by atoms with Crippen LogP contribution in [0.4, 0.5) is 0 Å². The summed E-state index contributed by atoms with van der Waals surface area (Å²) in [5, 5.41) is 11.0. The molecule has 0 fully saturated rings. The number of carboxylic acid groups (broad SMARTS) is 1. The number of pyridine rings is 1. The third-order valence-corrected chi connectivity index (χ3v) is 2.96. The Morgan fingerprint density at radius 2 is 2.12 bits per heavy atom. The summed E-state index contributed by atoms with van der Waals surface area (Å²) in [6, 6.07) is 7.03. The van der Waals surface area contributed by atoms with Crippen LogP contribution in [0, 0.1) is 6.92 Å². The maximum absolute atomic E-state index is 10.9. The van der Waals surface area contributed by atoms with Crippen LogP contribution in [0.5, 0.6) is 0 Å². The average molecular weight is 226 g/mol. The van der Waals surface area contributed by atoms with E-state index in [1.807, 2.05) is 19.1 Å². The van der Waals surface area contributed by atoms with Gasteiger partial charge in [0.1, 0.15) is 0 Å². The summed E-state index contributed by atoms with van der Waals surface area (Å²) >= 11 is 0. The van der Waals surface area contributed by atoms with Crippen molar-refractivity contribution in [2.75, 3.05) is 0 Å². The van der Waals surface area contributed by atoms with Gasteiger partial charge in [-0.25, -0.2) is 4.79 Å².